The summed E-state index contributed by atoms with van der Waals surface area (Å²) < 4.78 is 0. The predicted molar refractivity (Wildman–Crippen MR) is 86.5 cm³/mol. The molecule has 0 aromatic heterocycles. The molecular weight excluding hydrogens is 244 g/mol. The molecule has 20 heavy (non-hydrogen) atoms. The van der Waals surface area contributed by atoms with Crippen molar-refractivity contribution in [2.24, 2.45) is 0 Å². The van der Waals surface area contributed by atoms with E-state index in [0.717, 1.165) is 17.2 Å². The van der Waals surface area contributed by atoms with Gasteiger partial charge in [0.05, 0.1) is 0 Å². The maximum Gasteiger partial charge on any atom is 0.150 e. The van der Waals surface area contributed by atoms with Crippen LogP contribution in [0.2, 0.25) is 0 Å². The highest BCUT2D eigenvalue weighted by atomic mass is 16.1. The van der Waals surface area contributed by atoms with E-state index >= 15 is 0 Å². The monoisotopic (exact) mass is 268 g/mol. The van der Waals surface area contributed by atoms with Crippen molar-refractivity contribution in [2.75, 3.05) is 0 Å². The van der Waals surface area contributed by atoms with Gasteiger partial charge in [-0.15, -0.1) is 0 Å². The van der Waals surface area contributed by atoms with E-state index < -0.39 is 0 Å². The maximum absolute atomic E-state index is 11.1. The van der Waals surface area contributed by atoms with Gasteiger partial charge in [-0.3, -0.25) is 4.79 Å². The SMILES string of the molecule is CCCCCC[C@H](C)c1ccc(C=O)c2ccccc12. The van der Waals surface area contributed by atoms with E-state index in [2.05, 4.69) is 32.0 Å². The number of benzene rings is 2. The number of carbonyl (C=O) groups excluding carboxylic acids is 1. The first-order chi connectivity index (χ1) is 9.77. The first kappa shape index (κ1) is 14.8. The van der Waals surface area contributed by atoms with Crippen LogP contribution in [-0.2, 0) is 0 Å². The largest absolute Gasteiger partial charge is 0.298 e. The molecule has 0 heterocycles. The molecule has 106 valence electrons. The van der Waals surface area contributed by atoms with E-state index in [0.29, 0.717) is 5.92 Å². The zero-order valence-electron chi connectivity index (χ0n) is 12.6. The quantitative estimate of drug-likeness (QED) is 0.463. The Bertz CT molecular complexity index is 571. The second kappa shape index (κ2) is 7.23. The first-order valence-corrected chi connectivity index (χ1v) is 7.74. The zero-order chi connectivity index (χ0) is 14.4. The number of hydrogen-bond donors (Lipinski definition) is 0. The standard InChI is InChI=1S/C19H24O/c1-3-4-5-6-9-15(2)17-13-12-16(14-20)18-10-7-8-11-19(17)18/h7-8,10-15H,3-6,9H2,1-2H3/t15-/m0/s1. The molecule has 2 aromatic rings. The molecule has 0 saturated heterocycles. The van der Waals surface area contributed by atoms with Crippen molar-refractivity contribution in [3.63, 3.8) is 0 Å². The maximum atomic E-state index is 11.1. The van der Waals surface area contributed by atoms with Crippen LogP contribution >= 0.6 is 0 Å². The minimum absolute atomic E-state index is 0.553. The number of carbonyl (C=O) groups is 1. The molecule has 0 aliphatic heterocycles. The molecule has 1 heteroatoms. The molecule has 0 amide bonds. The van der Waals surface area contributed by atoms with Crippen LogP contribution in [0.25, 0.3) is 10.8 Å². The number of aldehydes is 1. The molecule has 0 bridgehead atoms. The molecule has 0 spiro atoms. The second-order valence-electron chi connectivity index (χ2n) is 5.66. The zero-order valence-corrected chi connectivity index (χ0v) is 12.6. The number of rotatable bonds is 7. The van der Waals surface area contributed by atoms with Gasteiger partial charge in [-0.1, -0.05) is 75.9 Å². The van der Waals surface area contributed by atoms with Crippen molar-refractivity contribution >= 4 is 17.1 Å². The smallest absolute Gasteiger partial charge is 0.150 e. The highest BCUT2D eigenvalue weighted by molar-refractivity contribution is 5.99. The van der Waals surface area contributed by atoms with Crippen LogP contribution in [0.15, 0.2) is 36.4 Å². The summed E-state index contributed by atoms with van der Waals surface area (Å²) >= 11 is 0. The Morgan fingerprint density at radius 3 is 2.45 bits per heavy atom. The van der Waals surface area contributed by atoms with Gasteiger partial charge < -0.3 is 0 Å². The third-order valence-electron chi connectivity index (χ3n) is 4.14. The van der Waals surface area contributed by atoms with Crippen LogP contribution in [-0.4, -0.2) is 6.29 Å². The molecule has 0 aliphatic rings. The van der Waals surface area contributed by atoms with Gasteiger partial charge in [0.1, 0.15) is 0 Å². The van der Waals surface area contributed by atoms with Crippen LogP contribution in [0, 0.1) is 0 Å². The van der Waals surface area contributed by atoms with Gasteiger partial charge >= 0.3 is 0 Å². The Morgan fingerprint density at radius 2 is 1.75 bits per heavy atom. The summed E-state index contributed by atoms with van der Waals surface area (Å²) in [4.78, 5) is 11.1. The molecule has 0 N–H and O–H groups in total. The molecule has 0 unspecified atom stereocenters. The van der Waals surface area contributed by atoms with Gasteiger partial charge in [0.25, 0.3) is 0 Å². The lowest BCUT2D eigenvalue weighted by molar-refractivity contribution is 0.112. The van der Waals surface area contributed by atoms with Crippen molar-refractivity contribution in [2.45, 2.75) is 51.9 Å². The fraction of sp³-hybridized carbons (Fsp3) is 0.421. The van der Waals surface area contributed by atoms with Crippen LogP contribution in [0.1, 0.15) is 67.8 Å². The van der Waals surface area contributed by atoms with E-state index in [4.69, 9.17) is 0 Å². The van der Waals surface area contributed by atoms with Crippen LogP contribution < -0.4 is 0 Å². The minimum atomic E-state index is 0.553. The Labute approximate surface area is 122 Å². The highest BCUT2D eigenvalue weighted by Gasteiger charge is 2.11. The topological polar surface area (TPSA) is 17.1 Å². The number of unbranched alkanes of at least 4 members (excludes halogenated alkanes) is 3. The molecule has 1 atom stereocenters. The van der Waals surface area contributed by atoms with E-state index in [9.17, 15) is 4.79 Å². The summed E-state index contributed by atoms with van der Waals surface area (Å²) in [7, 11) is 0. The Balaban J connectivity index is 2.23. The van der Waals surface area contributed by atoms with Crippen molar-refractivity contribution in [3.05, 3.63) is 47.5 Å². The van der Waals surface area contributed by atoms with E-state index in [-0.39, 0.29) is 0 Å². The average molecular weight is 268 g/mol. The minimum Gasteiger partial charge on any atom is -0.298 e. The van der Waals surface area contributed by atoms with Gasteiger partial charge in [0.15, 0.2) is 6.29 Å². The molecule has 0 saturated carbocycles. The summed E-state index contributed by atoms with van der Waals surface area (Å²) in [6.07, 6.45) is 7.41. The lowest BCUT2D eigenvalue weighted by Gasteiger charge is -2.15. The van der Waals surface area contributed by atoms with Crippen LogP contribution in [0.4, 0.5) is 0 Å². The molecule has 1 nitrogen and oxygen atoms in total. The molecule has 2 aromatic carbocycles. The fourth-order valence-corrected chi connectivity index (χ4v) is 2.91. The third-order valence-corrected chi connectivity index (χ3v) is 4.14. The molecular formula is C19H24O. The number of hydrogen-bond acceptors (Lipinski definition) is 1. The number of fused-ring (bicyclic) bond motifs is 1. The third kappa shape index (κ3) is 3.27. The summed E-state index contributed by atoms with van der Waals surface area (Å²) in [5.41, 5.74) is 2.17. The van der Waals surface area contributed by atoms with Gasteiger partial charge in [-0.2, -0.15) is 0 Å². The lowest BCUT2D eigenvalue weighted by atomic mass is 9.89. The van der Waals surface area contributed by atoms with Gasteiger partial charge in [-0.05, 0) is 28.7 Å². The summed E-state index contributed by atoms with van der Waals surface area (Å²) in [6, 6.07) is 12.4. The van der Waals surface area contributed by atoms with Crippen molar-refractivity contribution < 1.29 is 4.79 Å². The van der Waals surface area contributed by atoms with Gasteiger partial charge in [0.2, 0.25) is 0 Å². The van der Waals surface area contributed by atoms with E-state index in [1.807, 2.05) is 18.2 Å². The van der Waals surface area contributed by atoms with Crippen LogP contribution in [0.5, 0.6) is 0 Å². The van der Waals surface area contributed by atoms with Crippen molar-refractivity contribution in [1.82, 2.24) is 0 Å². The molecule has 0 aliphatic carbocycles. The Kier molecular flexibility index (Phi) is 5.34. The van der Waals surface area contributed by atoms with E-state index in [1.54, 1.807) is 0 Å². The molecule has 0 radical (unpaired) electrons. The first-order valence-electron chi connectivity index (χ1n) is 7.74. The van der Waals surface area contributed by atoms with Crippen molar-refractivity contribution in [3.8, 4) is 0 Å². The summed E-state index contributed by atoms with van der Waals surface area (Å²) in [5.74, 6) is 0.553. The normalized spacial score (nSPS) is 12.5. The van der Waals surface area contributed by atoms with Crippen molar-refractivity contribution in [1.29, 1.82) is 0 Å². The van der Waals surface area contributed by atoms with Crippen LogP contribution in [0.3, 0.4) is 0 Å². The van der Waals surface area contributed by atoms with Gasteiger partial charge in [-0.25, -0.2) is 0 Å². The Hall–Kier alpha value is -1.63. The van der Waals surface area contributed by atoms with Gasteiger partial charge in [0, 0.05) is 5.56 Å². The lowest BCUT2D eigenvalue weighted by Crippen LogP contribution is -1.97. The average Bonchev–Trinajstić information content (AvgIpc) is 2.50. The second-order valence-corrected chi connectivity index (χ2v) is 5.66. The fourth-order valence-electron chi connectivity index (χ4n) is 2.91. The summed E-state index contributed by atoms with van der Waals surface area (Å²) in [5, 5.41) is 2.32. The molecule has 0 fully saturated rings. The summed E-state index contributed by atoms with van der Waals surface area (Å²) in [6.45, 7) is 4.55. The highest BCUT2D eigenvalue weighted by Crippen LogP contribution is 2.30. The predicted octanol–water partition coefficient (Wildman–Crippen LogP) is 5.73. The molecule has 2 rings (SSSR count). The Morgan fingerprint density at radius 1 is 1.00 bits per heavy atom. The van der Waals surface area contributed by atoms with E-state index in [1.165, 1.54) is 43.1 Å².